The topological polar surface area (TPSA) is 54.9 Å². The van der Waals surface area contributed by atoms with Crippen LogP contribution in [0.3, 0.4) is 0 Å². The van der Waals surface area contributed by atoms with Crippen molar-refractivity contribution in [1.29, 1.82) is 0 Å². The molecule has 3 aromatic rings. The van der Waals surface area contributed by atoms with Crippen molar-refractivity contribution in [3.05, 3.63) is 43.8 Å². The van der Waals surface area contributed by atoms with Crippen molar-refractivity contribution in [2.75, 3.05) is 0 Å². The maximum Gasteiger partial charge on any atom is 0.264 e. The standard InChI is InChI=1S/C18H20N2O2S/c1-10(2)14-9-13-15(16(21)12-7-8-23-17(12)19-13)18(22)20(14)11-5-3-4-6-11/h7-11H,3-6H2,1-2H3,(H,19,21). The van der Waals surface area contributed by atoms with Crippen LogP contribution < -0.4 is 11.0 Å². The van der Waals surface area contributed by atoms with E-state index >= 15 is 0 Å². The van der Waals surface area contributed by atoms with Crippen LogP contribution in [-0.2, 0) is 0 Å². The molecule has 1 aliphatic carbocycles. The average Bonchev–Trinajstić information content (AvgIpc) is 3.17. The third-order valence-electron chi connectivity index (χ3n) is 4.94. The van der Waals surface area contributed by atoms with Gasteiger partial charge >= 0.3 is 0 Å². The summed E-state index contributed by atoms with van der Waals surface area (Å²) in [6.45, 7) is 4.21. The minimum absolute atomic E-state index is 0.118. The van der Waals surface area contributed by atoms with E-state index in [4.69, 9.17) is 0 Å². The number of aromatic amines is 1. The normalized spacial score (nSPS) is 16.1. The van der Waals surface area contributed by atoms with E-state index in [1.807, 2.05) is 16.0 Å². The van der Waals surface area contributed by atoms with Crippen LogP contribution in [0, 0.1) is 0 Å². The fraction of sp³-hybridized carbons (Fsp3) is 0.444. The highest BCUT2D eigenvalue weighted by molar-refractivity contribution is 7.16. The van der Waals surface area contributed by atoms with E-state index < -0.39 is 0 Å². The molecule has 1 saturated carbocycles. The first-order valence-corrected chi connectivity index (χ1v) is 9.14. The van der Waals surface area contributed by atoms with Gasteiger partial charge in [0.15, 0.2) is 0 Å². The lowest BCUT2D eigenvalue weighted by Crippen LogP contribution is -2.30. The smallest absolute Gasteiger partial charge is 0.264 e. The molecule has 120 valence electrons. The summed E-state index contributed by atoms with van der Waals surface area (Å²) in [6.07, 6.45) is 4.38. The van der Waals surface area contributed by atoms with Crippen molar-refractivity contribution in [3.8, 4) is 0 Å². The van der Waals surface area contributed by atoms with E-state index in [1.54, 1.807) is 6.07 Å². The molecule has 5 heteroatoms. The molecule has 0 aliphatic heterocycles. The highest BCUT2D eigenvalue weighted by atomic mass is 32.1. The van der Waals surface area contributed by atoms with Crippen molar-refractivity contribution in [2.45, 2.75) is 51.5 Å². The molecule has 0 spiro atoms. The summed E-state index contributed by atoms with van der Waals surface area (Å²) in [5.41, 5.74) is 1.45. The van der Waals surface area contributed by atoms with Gasteiger partial charge in [0.1, 0.15) is 10.2 Å². The van der Waals surface area contributed by atoms with Gasteiger partial charge in [-0.15, -0.1) is 11.3 Å². The quantitative estimate of drug-likeness (QED) is 0.768. The van der Waals surface area contributed by atoms with E-state index in [0.717, 1.165) is 36.2 Å². The highest BCUT2D eigenvalue weighted by Crippen LogP contribution is 2.32. The molecule has 1 fully saturated rings. The second-order valence-corrected chi connectivity index (χ2v) is 7.66. The number of hydrogen-bond acceptors (Lipinski definition) is 3. The number of nitrogens with zero attached hydrogens (tertiary/aromatic N) is 1. The lowest BCUT2D eigenvalue weighted by atomic mass is 10.0. The van der Waals surface area contributed by atoms with E-state index in [9.17, 15) is 9.59 Å². The van der Waals surface area contributed by atoms with Gasteiger partial charge < -0.3 is 9.55 Å². The lowest BCUT2D eigenvalue weighted by Gasteiger charge is -2.22. The highest BCUT2D eigenvalue weighted by Gasteiger charge is 2.24. The van der Waals surface area contributed by atoms with E-state index in [2.05, 4.69) is 18.8 Å². The average molecular weight is 328 g/mol. The Kier molecular flexibility index (Phi) is 3.41. The van der Waals surface area contributed by atoms with E-state index in [0.29, 0.717) is 16.3 Å². The second-order valence-electron chi connectivity index (χ2n) is 6.74. The summed E-state index contributed by atoms with van der Waals surface area (Å²) >= 11 is 1.50. The van der Waals surface area contributed by atoms with Crippen molar-refractivity contribution < 1.29 is 0 Å². The molecule has 4 nitrogen and oxygen atoms in total. The number of fused-ring (bicyclic) bond motifs is 2. The van der Waals surface area contributed by atoms with Gasteiger partial charge in [0.05, 0.1) is 10.9 Å². The first-order chi connectivity index (χ1) is 11.1. The number of H-pyrrole nitrogens is 1. The molecule has 0 atom stereocenters. The van der Waals surface area contributed by atoms with Gasteiger partial charge in [-0.2, -0.15) is 0 Å². The van der Waals surface area contributed by atoms with E-state index in [1.165, 1.54) is 11.3 Å². The Morgan fingerprint density at radius 3 is 2.70 bits per heavy atom. The Morgan fingerprint density at radius 2 is 2.00 bits per heavy atom. The Balaban J connectivity index is 2.14. The number of pyridine rings is 2. The largest absolute Gasteiger partial charge is 0.346 e. The summed E-state index contributed by atoms with van der Waals surface area (Å²) in [5, 5.41) is 2.82. The van der Waals surface area contributed by atoms with Crippen molar-refractivity contribution in [2.24, 2.45) is 0 Å². The molecule has 0 bridgehead atoms. The predicted molar refractivity (Wildman–Crippen MR) is 95.8 cm³/mol. The van der Waals surface area contributed by atoms with Gasteiger partial charge in [0.2, 0.25) is 5.43 Å². The summed E-state index contributed by atoms with van der Waals surface area (Å²) in [6, 6.07) is 4.05. The summed E-state index contributed by atoms with van der Waals surface area (Å²) in [5.74, 6) is 0.246. The molecule has 3 heterocycles. The Hall–Kier alpha value is -1.88. The fourth-order valence-corrected chi connectivity index (χ4v) is 4.58. The van der Waals surface area contributed by atoms with Crippen molar-refractivity contribution in [3.63, 3.8) is 0 Å². The van der Waals surface area contributed by atoms with Crippen LogP contribution in [-0.4, -0.2) is 9.55 Å². The zero-order valence-electron chi connectivity index (χ0n) is 13.4. The van der Waals surface area contributed by atoms with E-state index in [-0.39, 0.29) is 22.9 Å². The lowest BCUT2D eigenvalue weighted by molar-refractivity contribution is 0.476. The molecule has 0 aromatic carbocycles. The van der Waals surface area contributed by atoms with Crippen LogP contribution in [0.5, 0.6) is 0 Å². The van der Waals surface area contributed by atoms with Crippen molar-refractivity contribution >= 4 is 32.5 Å². The van der Waals surface area contributed by atoms with Crippen LogP contribution in [0.4, 0.5) is 0 Å². The van der Waals surface area contributed by atoms with Gasteiger partial charge in [-0.25, -0.2) is 0 Å². The van der Waals surface area contributed by atoms with Gasteiger partial charge in [-0.1, -0.05) is 26.7 Å². The zero-order valence-corrected chi connectivity index (χ0v) is 14.2. The molecule has 1 aliphatic rings. The SMILES string of the molecule is CC(C)c1cc2[nH]c3sccc3c(=O)c2c(=O)n1C1CCCC1. The van der Waals surface area contributed by atoms with Crippen LogP contribution in [0.2, 0.25) is 0 Å². The first-order valence-electron chi connectivity index (χ1n) is 8.26. The predicted octanol–water partition coefficient (Wildman–Crippen LogP) is 4.14. The van der Waals surface area contributed by atoms with Gasteiger partial charge in [-0.05, 0) is 36.3 Å². The van der Waals surface area contributed by atoms with Crippen molar-refractivity contribution in [1.82, 2.24) is 9.55 Å². The first kappa shape index (κ1) is 14.7. The number of nitrogens with one attached hydrogen (secondary N) is 1. The molecule has 4 rings (SSSR count). The second kappa shape index (κ2) is 5.34. The Bertz CT molecular complexity index is 1000. The molecule has 3 aromatic heterocycles. The number of rotatable bonds is 2. The van der Waals surface area contributed by atoms with Crippen LogP contribution >= 0.6 is 11.3 Å². The monoisotopic (exact) mass is 328 g/mol. The van der Waals surface area contributed by atoms with Crippen LogP contribution in [0.25, 0.3) is 21.1 Å². The van der Waals surface area contributed by atoms with Gasteiger partial charge in [0, 0.05) is 11.7 Å². The molecule has 0 amide bonds. The number of hydrogen-bond donors (Lipinski definition) is 1. The zero-order chi connectivity index (χ0) is 16.1. The fourth-order valence-electron chi connectivity index (χ4n) is 3.79. The number of aromatic nitrogens is 2. The van der Waals surface area contributed by atoms with Gasteiger partial charge in [-0.3, -0.25) is 9.59 Å². The molecule has 0 saturated heterocycles. The maximum atomic E-state index is 13.2. The Labute approximate surface area is 137 Å². The maximum absolute atomic E-state index is 13.2. The summed E-state index contributed by atoms with van der Waals surface area (Å²) < 4.78 is 1.91. The third kappa shape index (κ3) is 2.17. The molecule has 23 heavy (non-hydrogen) atoms. The number of thiophene rings is 1. The van der Waals surface area contributed by atoms with Gasteiger partial charge in [0.25, 0.3) is 5.56 Å². The molecule has 1 N–H and O–H groups in total. The third-order valence-corrected chi connectivity index (χ3v) is 5.77. The van der Waals surface area contributed by atoms with Crippen LogP contribution in [0.1, 0.15) is 57.2 Å². The molecular weight excluding hydrogens is 308 g/mol. The molecule has 0 unspecified atom stereocenters. The Morgan fingerprint density at radius 1 is 1.26 bits per heavy atom. The van der Waals surface area contributed by atoms with Crippen LogP contribution in [0.15, 0.2) is 27.1 Å². The molecule has 0 radical (unpaired) electrons. The summed E-state index contributed by atoms with van der Waals surface area (Å²) in [7, 11) is 0. The minimum Gasteiger partial charge on any atom is -0.346 e. The minimum atomic E-state index is -0.137. The summed E-state index contributed by atoms with van der Waals surface area (Å²) in [4.78, 5) is 30.1. The molecular formula is C18H20N2O2S.